The van der Waals surface area contributed by atoms with Gasteiger partial charge in [-0.15, -0.1) is 0 Å². The smallest absolute Gasteiger partial charge is 0.256 e. The van der Waals surface area contributed by atoms with E-state index >= 15 is 0 Å². The maximum Gasteiger partial charge on any atom is 0.256 e. The van der Waals surface area contributed by atoms with Gasteiger partial charge in [0.15, 0.2) is 44.7 Å². The second-order valence-corrected chi connectivity index (χ2v) is 6.10. The highest BCUT2D eigenvalue weighted by molar-refractivity contribution is 6.21. The van der Waals surface area contributed by atoms with Crippen molar-refractivity contribution in [1.82, 2.24) is 0 Å². The van der Waals surface area contributed by atoms with E-state index in [0.29, 0.717) is 22.3 Å². The number of carbonyl (C=O) groups is 2. The van der Waals surface area contributed by atoms with Crippen LogP contribution in [0.3, 0.4) is 0 Å². The third-order valence-corrected chi connectivity index (χ3v) is 4.36. The lowest BCUT2D eigenvalue weighted by Gasteiger charge is -2.11. The lowest BCUT2D eigenvalue weighted by Crippen LogP contribution is -2.16. The lowest BCUT2D eigenvalue weighted by atomic mass is 10.1. The largest absolute Gasteiger partial charge is 0.448 e. The Kier molecular flexibility index (Phi) is 3.23. The SMILES string of the molecule is NC(=O)c1c2oc3ccccc3oc2c(C(N)=O)c2oc3ccccc3oc12. The summed E-state index contributed by atoms with van der Waals surface area (Å²) < 4.78 is 23.4. The zero-order valence-corrected chi connectivity index (χ0v) is 14.2. The quantitative estimate of drug-likeness (QED) is 0.447. The van der Waals surface area contributed by atoms with Gasteiger partial charge in [0.1, 0.15) is 11.1 Å². The minimum Gasteiger partial charge on any atom is -0.448 e. The fourth-order valence-electron chi connectivity index (χ4n) is 3.17. The summed E-state index contributed by atoms with van der Waals surface area (Å²) >= 11 is 0. The predicted octanol–water partition coefficient (Wildman–Crippen LogP) is 3.99. The number of fused-ring (bicyclic) bond motifs is 4. The molecule has 0 aliphatic rings. The maximum atomic E-state index is 12.3. The average Bonchev–Trinajstić information content (AvgIpc) is 2.68. The van der Waals surface area contributed by atoms with Crippen molar-refractivity contribution in [2.24, 2.45) is 11.5 Å². The first-order valence-corrected chi connectivity index (χ1v) is 8.27. The first kappa shape index (κ1) is 16.0. The van der Waals surface area contributed by atoms with E-state index in [-0.39, 0.29) is 33.5 Å². The van der Waals surface area contributed by atoms with Crippen LogP contribution in [0, 0.1) is 0 Å². The van der Waals surface area contributed by atoms with Crippen molar-refractivity contribution in [2.75, 3.05) is 0 Å². The summed E-state index contributed by atoms with van der Waals surface area (Å²) in [6.45, 7) is 0. The van der Waals surface area contributed by atoms with Crippen LogP contribution in [0.1, 0.15) is 20.7 Å². The van der Waals surface area contributed by atoms with E-state index in [1.165, 1.54) is 0 Å². The number of nitrogens with two attached hydrogens (primary N) is 2. The molecular weight excluding hydrogens is 364 g/mol. The standard InChI is InChI=1S/C20H12N2O6/c21-19(23)13-15-16(26-10-6-2-1-5-9(10)25-15)14(20(22)24)18-17(13)27-11-7-3-4-8-12(11)28-18/h1-8H,(H2,21,23)(H2,22,24). The summed E-state index contributed by atoms with van der Waals surface area (Å²) in [4.78, 5) is 24.6. The van der Waals surface area contributed by atoms with Gasteiger partial charge >= 0.3 is 0 Å². The molecule has 2 amide bonds. The van der Waals surface area contributed by atoms with Crippen LogP contribution in [0.25, 0.3) is 44.7 Å². The molecular formula is C20H12N2O6. The molecule has 138 valence electrons. The summed E-state index contributed by atoms with van der Waals surface area (Å²) in [7, 11) is 0. The van der Waals surface area contributed by atoms with E-state index in [1.54, 1.807) is 48.5 Å². The zero-order valence-electron chi connectivity index (χ0n) is 14.2. The van der Waals surface area contributed by atoms with Crippen molar-refractivity contribution in [3.8, 4) is 0 Å². The van der Waals surface area contributed by atoms with E-state index in [1.807, 2.05) is 0 Å². The van der Waals surface area contributed by atoms with Gasteiger partial charge in [0, 0.05) is 0 Å². The summed E-state index contributed by atoms with van der Waals surface area (Å²) in [5.41, 5.74) is 12.2. The van der Waals surface area contributed by atoms with Crippen LogP contribution in [-0.2, 0) is 0 Å². The normalized spacial score (nSPS) is 11.4. The minimum atomic E-state index is -0.838. The Labute approximate surface area is 155 Å². The van der Waals surface area contributed by atoms with Crippen molar-refractivity contribution in [3.05, 3.63) is 59.7 Å². The van der Waals surface area contributed by atoms with Gasteiger partial charge in [0.2, 0.25) is 0 Å². The number of para-hydroxylation sites is 4. The third kappa shape index (κ3) is 2.18. The number of primary amides is 2. The van der Waals surface area contributed by atoms with Gasteiger partial charge in [-0.1, -0.05) is 24.3 Å². The average molecular weight is 376 g/mol. The van der Waals surface area contributed by atoms with Crippen LogP contribution in [0.4, 0.5) is 0 Å². The van der Waals surface area contributed by atoms with Gasteiger partial charge in [0.05, 0.1) is 0 Å². The molecule has 0 aliphatic heterocycles. The molecule has 0 radical (unpaired) electrons. The molecule has 0 atom stereocenters. The third-order valence-electron chi connectivity index (χ3n) is 4.36. The monoisotopic (exact) mass is 376 g/mol. The van der Waals surface area contributed by atoms with E-state index in [9.17, 15) is 9.59 Å². The molecule has 0 saturated carbocycles. The molecule has 0 spiro atoms. The number of amides is 2. The number of rotatable bonds is 2. The summed E-state index contributed by atoms with van der Waals surface area (Å²) in [5.74, 6) is -1.68. The van der Waals surface area contributed by atoms with Crippen LogP contribution < -0.4 is 11.5 Å². The fraction of sp³-hybridized carbons (Fsp3) is 0. The molecule has 8 heteroatoms. The van der Waals surface area contributed by atoms with Crippen molar-refractivity contribution >= 4 is 56.5 Å². The molecule has 28 heavy (non-hydrogen) atoms. The van der Waals surface area contributed by atoms with Crippen molar-refractivity contribution in [3.63, 3.8) is 0 Å². The van der Waals surface area contributed by atoms with Crippen LogP contribution in [-0.4, -0.2) is 11.8 Å². The Hall–Kier alpha value is -4.20. The Morgan fingerprint density at radius 2 is 0.786 bits per heavy atom. The Morgan fingerprint density at radius 1 is 0.536 bits per heavy atom. The van der Waals surface area contributed by atoms with E-state index in [0.717, 1.165) is 0 Å². The zero-order chi connectivity index (χ0) is 19.4. The van der Waals surface area contributed by atoms with Gasteiger partial charge in [-0.25, -0.2) is 0 Å². The maximum absolute atomic E-state index is 12.3. The second-order valence-electron chi connectivity index (χ2n) is 6.10. The fourth-order valence-corrected chi connectivity index (χ4v) is 3.17. The lowest BCUT2D eigenvalue weighted by molar-refractivity contribution is 0.0989. The van der Waals surface area contributed by atoms with Gasteiger partial charge < -0.3 is 29.1 Å². The topological polar surface area (TPSA) is 139 Å². The molecule has 0 bridgehead atoms. The van der Waals surface area contributed by atoms with Crippen molar-refractivity contribution in [2.45, 2.75) is 0 Å². The van der Waals surface area contributed by atoms with Gasteiger partial charge in [-0.2, -0.15) is 0 Å². The highest BCUT2D eigenvalue weighted by Gasteiger charge is 2.28. The van der Waals surface area contributed by atoms with Crippen LogP contribution in [0.5, 0.6) is 0 Å². The van der Waals surface area contributed by atoms with E-state index < -0.39 is 11.8 Å². The highest BCUT2D eigenvalue weighted by Crippen LogP contribution is 2.37. The molecule has 2 heterocycles. The summed E-state index contributed by atoms with van der Waals surface area (Å²) in [5, 5.41) is 0. The van der Waals surface area contributed by atoms with Gasteiger partial charge in [0.25, 0.3) is 11.8 Å². The molecule has 8 nitrogen and oxygen atoms in total. The van der Waals surface area contributed by atoms with E-state index in [4.69, 9.17) is 29.1 Å². The van der Waals surface area contributed by atoms with Crippen molar-refractivity contribution < 1.29 is 27.3 Å². The molecule has 0 saturated heterocycles. The Morgan fingerprint density at radius 3 is 1.00 bits per heavy atom. The predicted molar refractivity (Wildman–Crippen MR) is 100 cm³/mol. The molecule has 0 aliphatic carbocycles. The highest BCUT2D eigenvalue weighted by atomic mass is 16.4. The molecule has 0 unspecified atom stereocenters. The summed E-state index contributed by atoms with van der Waals surface area (Å²) in [6, 6.07) is 13.6. The van der Waals surface area contributed by atoms with Crippen LogP contribution in [0.15, 0.2) is 66.2 Å². The van der Waals surface area contributed by atoms with Crippen LogP contribution in [0.2, 0.25) is 0 Å². The number of hydrogen-bond acceptors (Lipinski definition) is 6. The first-order valence-electron chi connectivity index (χ1n) is 8.27. The van der Waals surface area contributed by atoms with Gasteiger partial charge in [-0.3, -0.25) is 9.59 Å². The number of hydrogen-bond donors (Lipinski definition) is 2. The van der Waals surface area contributed by atoms with E-state index in [2.05, 4.69) is 0 Å². The summed E-state index contributed by atoms with van der Waals surface area (Å²) in [6.07, 6.45) is 0. The minimum absolute atomic E-state index is 0.0540. The first-order chi connectivity index (χ1) is 13.5. The second kappa shape index (κ2) is 5.65. The van der Waals surface area contributed by atoms with Crippen molar-refractivity contribution in [1.29, 1.82) is 0 Å². The molecule has 4 N–H and O–H groups in total. The Bertz CT molecular complexity index is 1270. The molecule has 3 aromatic carbocycles. The molecule has 0 fully saturated rings. The molecule has 5 rings (SSSR count). The van der Waals surface area contributed by atoms with Gasteiger partial charge in [-0.05, 0) is 24.3 Å². The number of carbonyl (C=O) groups excluding carboxylic acids is 2. The molecule has 5 aromatic rings. The Balaban J connectivity index is 2.13. The molecule has 2 aromatic heterocycles. The van der Waals surface area contributed by atoms with Crippen LogP contribution >= 0.6 is 0 Å². The number of benzene rings is 3.